The van der Waals surface area contributed by atoms with Gasteiger partial charge in [0.25, 0.3) is 5.78 Å². The lowest BCUT2D eigenvalue weighted by molar-refractivity contribution is -0.141. The fraction of sp³-hybridized carbons (Fsp3) is 0.130. The Bertz CT molecular complexity index is 1370. The van der Waals surface area contributed by atoms with E-state index < -0.39 is 11.9 Å². The molecule has 33 heavy (non-hydrogen) atoms. The van der Waals surface area contributed by atoms with E-state index in [1.54, 1.807) is 12.5 Å². The number of hydrogen-bond donors (Lipinski definition) is 1. The molecule has 0 saturated heterocycles. The van der Waals surface area contributed by atoms with Crippen molar-refractivity contribution in [1.82, 2.24) is 29.1 Å². The van der Waals surface area contributed by atoms with E-state index in [1.165, 1.54) is 10.8 Å². The molecule has 5 aromatic rings. The number of nitrogens with zero attached hydrogens (tertiary/aromatic N) is 6. The minimum absolute atomic E-state index is 0.117. The molecule has 166 valence electrons. The summed E-state index contributed by atoms with van der Waals surface area (Å²) < 4.78 is 43.0. The van der Waals surface area contributed by atoms with Crippen molar-refractivity contribution in [3.63, 3.8) is 0 Å². The predicted molar refractivity (Wildman–Crippen MR) is 116 cm³/mol. The Kier molecular flexibility index (Phi) is 5.25. The number of hydrogen-bond acceptors (Lipinski definition) is 5. The molecule has 2 aromatic carbocycles. The van der Waals surface area contributed by atoms with Gasteiger partial charge in [-0.25, -0.2) is 9.97 Å². The monoisotopic (exact) mass is 449 g/mol. The van der Waals surface area contributed by atoms with Crippen LogP contribution in [0.4, 0.5) is 19.0 Å². The molecule has 0 spiro atoms. The van der Waals surface area contributed by atoms with Gasteiger partial charge in [0.2, 0.25) is 0 Å². The average molecular weight is 449 g/mol. The topological polar surface area (TPSA) is 72.9 Å². The Hall–Kier alpha value is -4.21. The molecule has 3 aromatic heterocycles. The molecule has 10 heteroatoms. The highest BCUT2D eigenvalue weighted by atomic mass is 19.4. The van der Waals surface area contributed by atoms with Crippen molar-refractivity contribution >= 4 is 11.6 Å². The number of aromatic nitrogens is 6. The van der Waals surface area contributed by atoms with Crippen LogP contribution in [0, 0.1) is 0 Å². The zero-order valence-electron chi connectivity index (χ0n) is 17.2. The van der Waals surface area contributed by atoms with Gasteiger partial charge in [0.1, 0.15) is 12.1 Å². The van der Waals surface area contributed by atoms with Crippen molar-refractivity contribution in [1.29, 1.82) is 0 Å². The molecule has 0 aliphatic carbocycles. The number of benzene rings is 2. The van der Waals surface area contributed by atoms with Crippen LogP contribution in [-0.2, 0) is 19.3 Å². The van der Waals surface area contributed by atoms with E-state index in [-0.39, 0.29) is 11.6 Å². The molecule has 5 rings (SSSR count). The molecular weight excluding hydrogens is 431 g/mol. The largest absolute Gasteiger partial charge is 0.433 e. The van der Waals surface area contributed by atoms with Crippen LogP contribution in [0.2, 0.25) is 0 Å². The van der Waals surface area contributed by atoms with Gasteiger partial charge in [-0.1, -0.05) is 48.5 Å². The van der Waals surface area contributed by atoms with Crippen LogP contribution in [0.5, 0.6) is 0 Å². The third-order valence-corrected chi connectivity index (χ3v) is 5.21. The molecule has 0 amide bonds. The Labute approximate surface area is 186 Å². The van der Waals surface area contributed by atoms with E-state index in [1.807, 2.05) is 47.2 Å². The van der Waals surface area contributed by atoms with Crippen LogP contribution >= 0.6 is 0 Å². The molecule has 0 aliphatic rings. The van der Waals surface area contributed by atoms with Crippen LogP contribution in [0.15, 0.2) is 79.6 Å². The van der Waals surface area contributed by atoms with E-state index in [0.717, 1.165) is 34.9 Å². The van der Waals surface area contributed by atoms with Gasteiger partial charge >= 0.3 is 6.18 Å². The van der Waals surface area contributed by atoms with Crippen LogP contribution in [0.3, 0.4) is 0 Å². The Balaban J connectivity index is 1.40. The first-order chi connectivity index (χ1) is 16.0. The normalized spacial score (nSPS) is 11.7. The molecule has 0 fully saturated rings. The number of rotatable bonds is 6. The quantitative estimate of drug-likeness (QED) is 0.408. The summed E-state index contributed by atoms with van der Waals surface area (Å²) in [6.07, 6.45) is 2.01. The summed E-state index contributed by atoms with van der Waals surface area (Å²) in [4.78, 5) is 11.4. The van der Waals surface area contributed by atoms with E-state index in [2.05, 4.69) is 37.5 Å². The Morgan fingerprint density at radius 3 is 2.58 bits per heavy atom. The second kappa shape index (κ2) is 8.38. The highest BCUT2D eigenvalue weighted by Crippen LogP contribution is 2.30. The number of fused-ring (bicyclic) bond motifs is 1. The molecule has 1 N–H and O–H groups in total. The summed E-state index contributed by atoms with van der Waals surface area (Å²) in [5.74, 6) is 0.0457. The first-order valence-electron chi connectivity index (χ1n) is 10.1. The fourth-order valence-corrected chi connectivity index (χ4v) is 3.61. The lowest BCUT2D eigenvalue weighted by atomic mass is 9.98. The van der Waals surface area contributed by atoms with E-state index in [4.69, 9.17) is 0 Å². The van der Waals surface area contributed by atoms with Gasteiger partial charge in [-0.05, 0) is 22.3 Å². The third kappa shape index (κ3) is 4.40. The second-order valence-corrected chi connectivity index (χ2v) is 7.44. The van der Waals surface area contributed by atoms with Gasteiger partial charge in [0.15, 0.2) is 5.69 Å². The smallest absolute Gasteiger partial charge is 0.366 e. The molecule has 3 heterocycles. The molecule has 0 aliphatic heterocycles. The van der Waals surface area contributed by atoms with E-state index in [9.17, 15) is 13.2 Å². The molecule has 0 radical (unpaired) electrons. The molecule has 0 saturated carbocycles. The maximum atomic E-state index is 13.2. The number of nitrogens with one attached hydrogen (secondary N) is 1. The molecule has 7 nitrogen and oxygen atoms in total. The van der Waals surface area contributed by atoms with Crippen LogP contribution in [0.25, 0.3) is 16.9 Å². The van der Waals surface area contributed by atoms with Crippen LogP contribution in [0.1, 0.15) is 16.8 Å². The Morgan fingerprint density at radius 1 is 1.00 bits per heavy atom. The second-order valence-electron chi connectivity index (χ2n) is 7.44. The zero-order chi connectivity index (χ0) is 22.8. The summed E-state index contributed by atoms with van der Waals surface area (Å²) in [5, 5.41) is 7.05. The lowest BCUT2D eigenvalue weighted by Gasteiger charge is -2.14. The van der Waals surface area contributed by atoms with Crippen molar-refractivity contribution in [3.05, 3.63) is 96.5 Å². The zero-order valence-corrected chi connectivity index (χ0v) is 17.2. The summed E-state index contributed by atoms with van der Waals surface area (Å²) in [6, 6.07) is 16.9. The molecule has 0 bridgehead atoms. The summed E-state index contributed by atoms with van der Waals surface area (Å²) >= 11 is 0. The molecule has 0 atom stereocenters. The summed E-state index contributed by atoms with van der Waals surface area (Å²) in [5.41, 5.74) is 3.04. The van der Waals surface area contributed by atoms with E-state index in [0.29, 0.717) is 6.54 Å². The van der Waals surface area contributed by atoms with Gasteiger partial charge in [-0.15, -0.1) is 0 Å². The predicted octanol–water partition coefficient (Wildman–Crippen LogP) is 4.67. The maximum absolute atomic E-state index is 13.2. The SMILES string of the molecule is FC(F)(F)c1cc(NCc2ccccc2-c2ccc(Cn3ccnc3)cc2)n2ncnc2n1. The van der Waals surface area contributed by atoms with E-state index >= 15 is 0 Å². The first kappa shape index (κ1) is 20.7. The summed E-state index contributed by atoms with van der Waals surface area (Å²) in [7, 11) is 0. The van der Waals surface area contributed by atoms with Crippen molar-refractivity contribution in [2.24, 2.45) is 0 Å². The van der Waals surface area contributed by atoms with Gasteiger partial charge in [-0.2, -0.15) is 27.8 Å². The lowest BCUT2D eigenvalue weighted by Crippen LogP contribution is -2.13. The number of anilines is 1. The third-order valence-electron chi connectivity index (χ3n) is 5.21. The average Bonchev–Trinajstić information content (AvgIpc) is 3.49. The van der Waals surface area contributed by atoms with Gasteiger partial charge < -0.3 is 9.88 Å². The highest BCUT2D eigenvalue weighted by Gasteiger charge is 2.34. The first-order valence-corrected chi connectivity index (χ1v) is 10.1. The summed E-state index contributed by atoms with van der Waals surface area (Å²) in [6.45, 7) is 1.02. The van der Waals surface area contributed by atoms with Crippen LogP contribution in [-0.4, -0.2) is 29.1 Å². The highest BCUT2D eigenvalue weighted by molar-refractivity contribution is 5.68. The van der Waals surface area contributed by atoms with Crippen LogP contribution < -0.4 is 5.32 Å². The number of alkyl halides is 3. The maximum Gasteiger partial charge on any atom is 0.433 e. The Morgan fingerprint density at radius 2 is 1.82 bits per heavy atom. The van der Waals surface area contributed by atoms with Gasteiger partial charge in [0.05, 0.1) is 6.33 Å². The number of imidazole rings is 1. The number of halogens is 3. The molecule has 0 unspecified atom stereocenters. The minimum atomic E-state index is -4.58. The van der Waals surface area contributed by atoms with Gasteiger partial charge in [-0.3, -0.25) is 0 Å². The molecular formula is C23H18F3N7. The fourth-order valence-electron chi connectivity index (χ4n) is 3.61. The van der Waals surface area contributed by atoms with Gasteiger partial charge in [0, 0.05) is 31.5 Å². The standard InChI is InChI=1S/C23H18F3N7/c24-23(25,26)20-11-21(33-22(31-20)29-14-30-33)28-12-18-3-1-2-4-19(18)17-7-5-16(6-8-17)13-32-10-9-27-15-32/h1-11,14-15,28H,12-13H2. The van der Waals surface area contributed by atoms with Crippen molar-refractivity contribution in [2.45, 2.75) is 19.3 Å². The van der Waals surface area contributed by atoms with Crippen molar-refractivity contribution in [2.75, 3.05) is 5.32 Å². The minimum Gasteiger partial charge on any atom is -0.366 e. The van der Waals surface area contributed by atoms with Crippen molar-refractivity contribution < 1.29 is 13.2 Å². The van der Waals surface area contributed by atoms with Crippen molar-refractivity contribution in [3.8, 4) is 11.1 Å².